The van der Waals surface area contributed by atoms with Crippen LogP contribution in [0, 0.1) is 0 Å². The second-order valence-corrected chi connectivity index (χ2v) is 3.90. The third kappa shape index (κ3) is 2.59. The third-order valence-corrected chi connectivity index (χ3v) is 2.63. The number of hydrogen-bond donors (Lipinski definition) is 2. The molecule has 0 bridgehead atoms. The van der Waals surface area contributed by atoms with Gasteiger partial charge >= 0.3 is 0 Å². The Morgan fingerprint density at radius 2 is 2.33 bits per heavy atom. The van der Waals surface area contributed by atoms with Crippen molar-refractivity contribution in [3.05, 3.63) is 18.5 Å². The maximum Gasteiger partial charge on any atom is 0.0614 e. The van der Waals surface area contributed by atoms with E-state index in [2.05, 4.69) is 10.3 Å². The van der Waals surface area contributed by atoms with E-state index in [1.54, 1.807) is 12.4 Å². The Hall–Kier alpha value is -1.29. The molecule has 1 saturated carbocycles. The quantitative estimate of drug-likeness (QED) is 0.788. The van der Waals surface area contributed by atoms with Crippen LogP contribution < -0.4 is 11.1 Å². The van der Waals surface area contributed by atoms with Gasteiger partial charge < -0.3 is 15.8 Å². The summed E-state index contributed by atoms with van der Waals surface area (Å²) < 4.78 is 5.49. The summed E-state index contributed by atoms with van der Waals surface area (Å²) in [5.74, 6) is 0. The van der Waals surface area contributed by atoms with Crippen molar-refractivity contribution in [3.8, 4) is 0 Å². The molecular weight excluding hydrogens is 190 g/mol. The number of nitrogens with two attached hydrogens (primary N) is 1. The fraction of sp³-hybridized carbons (Fsp3) is 0.545. The monoisotopic (exact) mass is 207 g/mol. The van der Waals surface area contributed by atoms with Gasteiger partial charge in [0.25, 0.3) is 0 Å². The number of anilines is 2. The summed E-state index contributed by atoms with van der Waals surface area (Å²) >= 11 is 0. The highest BCUT2D eigenvalue weighted by Crippen LogP contribution is 2.26. The molecule has 1 fully saturated rings. The van der Waals surface area contributed by atoms with E-state index < -0.39 is 0 Å². The van der Waals surface area contributed by atoms with Gasteiger partial charge in [0.15, 0.2) is 0 Å². The number of aromatic nitrogens is 1. The number of nitrogens with one attached hydrogen (secondary N) is 1. The van der Waals surface area contributed by atoms with E-state index in [0.29, 0.717) is 17.8 Å². The highest BCUT2D eigenvalue weighted by molar-refractivity contribution is 5.51. The molecule has 1 heterocycles. The molecule has 3 N–H and O–H groups in total. The summed E-state index contributed by atoms with van der Waals surface area (Å²) in [5, 5.41) is 3.39. The van der Waals surface area contributed by atoms with Gasteiger partial charge in [0, 0.05) is 18.8 Å². The van der Waals surface area contributed by atoms with Gasteiger partial charge in [-0.15, -0.1) is 0 Å². The van der Waals surface area contributed by atoms with Crippen molar-refractivity contribution >= 4 is 11.4 Å². The van der Waals surface area contributed by atoms with Gasteiger partial charge in [-0.3, -0.25) is 4.98 Å². The molecular formula is C11H17N3O. The molecule has 4 nitrogen and oxygen atoms in total. The summed E-state index contributed by atoms with van der Waals surface area (Å²) in [7, 11) is 0. The van der Waals surface area contributed by atoms with Crippen LogP contribution in [-0.2, 0) is 4.74 Å². The molecule has 0 aliphatic heterocycles. The average Bonchev–Trinajstić information content (AvgIpc) is 2.15. The molecule has 1 aliphatic rings. The van der Waals surface area contributed by atoms with E-state index in [1.807, 2.05) is 13.0 Å². The molecule has 0 saturated heterocycles. The molecule has 0 spiro atoms. The molecule has 2 rings (SSSR count). The lowest BCUT2D eigenvalue weighted by Crippen LogP contribution is -2.40. The molecule has 0 radical (unpaired) electrons. The maximum absolute atomic E-state index is 5.64. The van der Waals surface area contributed by atoms with E-state index in [-0.39, 0.29) is 0 Å². The molecule has 0 aromatic carbocycles. The van der Waals surface area contributed by atoms with Gasteiger partial charge in [0.1, 0.15) is 0 Å². The highest BCUT2D eigenvalue weighted by atomic mass is 16.5. The van der Waals surface area contributed by atoms with Crippen LogP contribution in [0.4, 0.5) is 11.4 Å². The average molecular weight is 207 g/mol. The van der Waals surface area contributed by atoms with Crippen LogP contribution in [-0.4, -0.2) is 23.7 Å². The van der Waals surface area contributed by atoms with E-state index in [1.165, 1.54) is 0 Å². The highest BCUT2D eigenvalue weighted by Gasteiger charge is 2.29. The Morgan fingerprint density at radius 1 is 1.53 bits per heavy atom. The van der Waals surface area contributed by atoms with Crippen LogP contribution in [0.5, 0.6) is 0 Å². The second-order valence-electron chi connectivity index (χ2n) is 3.90. The van der Waals surface area contributed by atoms with E-state index in [4.69, 9.17) is 10.5 Å². The van der Waals surface area contributed by atoms with Crippen LogP contribution in [0.3, 0.4) is 0 Å². The van der Waals surface area contributed by atoms with Crippen LogP contribution in [0.15, 0.2) is 18.5 Å². The number of ether oxygens (including phenoxy) is 1. The smallest absolute Gasteiger partial charge is 0.0614 e. The Balaban J connectivity index is 1.80. The number of pyridine rings is 1. The van der Waals surface area contributed by atoms with Crippen molar-refractivity contribution in [2.75, 3.05) is 17.7 Å². The van der Waals surface area contributed by atoms with Crippen molar-refractivity contribution in [3.63, 3.8) is 0 Å². The van der Waals surface area contributed by atoms with Gasteiger partial charge in [-0.1, -0.05) is 0 Å². The largest absolute Gasteiger partial charge is 0.397 e. The third-order valence-electron chi connectivity index (χ3n) is 2.63. The first-order valence-electron chi connectivity index (χ1n) is 5.36. The SMILES string of the molecule is CCOC1CC(Nc2cncc(N)c2)C1. The minimum atomic E-state index is 0.432. The standard InChI is InChI=1S/C11H17N3O/c1-2-15-11-4-9(5-11)14-10-3-8(12)6-13-7-10/h3,6-7,9,11,14H,2,4-5,12H2,1H3. The lowest BCUT2D eigenvalue weighted by Gasteiger charge is -2.35. The van der Waals surface area contributed by atoms with Gasteiger partial charge in [-0.05, 0) is 25.8 Å². The molecule has 1 aromatic rings. The fourth-order valence-corrected chi connectivity index (χ4v) is 1.83. The molecule has 0 unspecified atom stereocenters. The fourth-order valence-electron chi connectivity index (χ4n) is 1.83. The minimum Gasteiger partial charge on any atom is -0.397 e. The van der Waals surface area contributed by atoms with Crippen LogP contribution >= 0.6 is 0 Å². The zero-order valence-corrected chi connectivity index (χ0v) is 8.94. The molecule has 4 heteroatoms. The Bertz CT molecular complexity index is 323. The summed E-state index contributed by atoms with van der Waals surface area (Å²) in [6, 6.07) is 2.41. The zero-order chi connectivity index (χ0) is 10.7. The number of hydrogen-bond acceptors (Lipinski definition) is 4. The van der Waals surface area contributed by atoms with Gasteiger partial charge in [0.05, 0.1) is 23.7 Å². The zero-order valence-electron chi connectivity index (χ0n) is 8.94. The molecule has 15 heavy (non-hydrogen) atoms. The van der Waals surface area contributed by atoms with Crippen LogP contribution in [0.1, 0.15) is 19.8 Å². The van der Waals surface area contributed by atoms with Crippen molar-refractivity contribution in [2.24, 2.45) is 0 Å². The topological polar surface area (TPSA) is 60.2 Å². The Morgan fingerprint density at radius 3 is 3.00 bits per heavy atom. The summed E-state index contributed by atoms with van der Waals surface area (Å²) in [5.41, 5.74) is 7.33. The first kappa shape index (κ1) is 10.2. The van der Waals surface area contributed by atoms with Gasteiger partial charge in [-0.25, -0.2) is 0 Å². The molecule has 1 aliphatic carbocycles. The second kappa shape index (κ2) is 4.49. The normalized spacial score (nSPS) is 24.6. The molecule has 0 atom stereocenters. The van der Waals surface area contributed by atoms with Crippen LogP contribution in [0.25, 0.3) is 0 Å². The first-order chi connectivity index (χ1) is 7.28. The van der Waals surface area contributed by atoms with Crippen molar-refractivity contribution in [1.29, 1.82) is 0 Å². The Labute approximate surface area is 89.8 Å². The summed E-state index contributed by atoms with van der Waals surface area (Å²) in [6.45, 7) is 2.83. The number of rotatable bonds is 4. The minimum absolute atomic E-state index is 0.432. The van der Waals surface area contributed by atoms with E-state index in [0.717, 1.165) is 25.1 Å². The molecule has 0 amide bonds. The summed E-state index contributed by atoms with van der Waals surface area (Å²) in [4.78, 5) is 4.03. The van der Waals surface area contributed by atoms with E-state index in [9.17, 15) is 0 Å². The lowest BCUT2D eigenvalue weighted by molar-refractivity contribution is 0.00299. The van der Waals surface area contributed by atoms with Crippen molar-refractivity contribution < 1.29 is 4.74 Å². The Kier molecular flexibility index (Phi) is 3.06. The molecule has 82 valence electrons. The molecule has 1 aromatic heterocycles. The van der Waals surface area contributed by atoms with Gasteiger partial charge in [0.2, 0.25) is 0 Å². The first-order valence-corrected chi connectivity index (χ1v) is 5.36. The number of nitrogen functional groups attached to an aromatic ring is 1. The maximum atomic E-state index is 5.64. The van der Waals surface area contributed by atoms with Crippen LogP contribution in [0.2, 0.25) is 0 Å². The van der Waals surface area contributed by atoms with Gasteiger partial charge in [-0.2, -0.15) is 0 Å². The summed E-state index contributed by atoms with van der Waals surface area (Å²) in [6.07, 6.45) is 6.02. The predicted octanol–water partition coefficient (Wildman–Crippen LogP) is 1.64. The predicted molar refractivity (Wildman–Crippen MR) is 60.7 cm³/mol. The van der Waals surface area contributed by atoms with E-state index >= 15 is 0 Å². The lowest BCUT2D eigenvalue weighted by atomic mass is 9.89. The number of nitrogens with zero attached hydrogens (tertiary/aromatic N) is 1. The van der Waals surface area contributed by atoms with Crippen molar-refractivity contribution in [2.45, 2.75) is 31.9 Å². The van der Waals surface area contributed by atoms with Crippen molar-refractivity contribution in [1.82, 2.24) is 4.98 Å².